The predicted octanol–water partition coefficient (Wildman–Crippen LogP) is 3.89. The summed E-state index contributed by atoms with van der Waals surface area (Å²) in [5.74, 6) is -1.16. The van der Waals surface area contributed by atoms with Crippen LogP contribution in [-0.2, 0) is 45.1 Å². The third kappa shape index (κ3) is 6.17. The first-order valence-electron chi connectivity index (χ1n) is 15.8. The highest BCUT2D eigenvalue weighted by Crippen LogP contribution is 2.40. The molecule has 0 aliphatic carbocycles. The van der Waals surface area contributed by atoms with Crippen molar-refractivity contribution in [3.8, 4) is 0 Å². The van der Waals surface area contributed by atoms with Crippen molar-refractivity contribution in [3.63, 3.8) is 0 Å². The molecule has 2 aliphatic rings. The minimum Gasteiger partial charge on any atom is -0.347 e. The number of thiophene rings is 1. The number of anilines is 2. The number of amides is 4. The van der Waals surface area contributed by atoms with Gasteiger partial charge in [0.25, 0.3) is 0 Å². The van der Waals surface area contributed by atoms with E-state index in [-0.39, 0.29) is 24.7 Å². The van der Waals surface area contributed by atoms with Gasteiger partial charge in [-0.15, -0.1) is 0 Å². The average molecular weight is 641 g/mol. The summed E-state index contributed by atoms with van der Waals surface area (Å²) in [5, 5.41) is 10.8. The number of hydrogen-bond acceptors (Lipinski definition) is 6. The van der Waals surface area contributed by atoms with Gasteiger partial charge in [0.15, 0.2) is 0 Å². The Labute approximate surface area is 272 Å². The zero-order valence-corrected chi connectivity index (χ0v) is 27.2. The Kier molecular flexibility index (Phi) is 8.71. The summed E-state index contributed by atoms with van der Waals surface area (Å²) in [7, 11) is 0. The smallest absolute Gasteiger partial charge is 0.250 e. The number of carbonyl (C=O) groups excluding carboxylic acids is 4. The fraction of sp³-hybridized carbons (Fsp3) is 0.371. The Bertz CT molecular complexity index is 1790. The number of nitrogens with one attached hydrogen (secondary N) is 2. The lowest BCUT2D eigenvalue weighted by Crippen LogP contribution is -2.60. The number of hydrogen-bond donors (Lipinski definition) is 3. The SMILES string of the molecule is CCn1cc(CC(NC(=O)C(C)(C)N)C(=O)NC2Cc3cccc(N4CCCC4=O)c3N(Cc3ccsc3)C2=O)c2ccccc21. The van der Waals surface area contributed by atoms with Crippen LogP contribution in [0.2, 0.25) is 0 Å². The van der Waals surface area contributed by atoms with E-state index in [1.165, 1.54) is 0 Å². The molecule has 1 fully saturated rings. The van der Waals surface area contributed by atoms with E-state index in [9.17, 15) is 19.2 Å². The van der Waals surface area contributed by atoms with Crippen molar-refractivity contribution in [3.05, 3.63) is 82.2 Å². The van der Waals surface area contributed by atoms with Crippen molar-refractivity contribution in [1.29, 1.82) is 0 Å². The largest absolute Gasteiger partial charge is 0.347 e. The van der Waals surface area contributed by atoms with E-state index in [0.29, 0.717) is 25.2 Å². The summed E-state index contributed by atoms with van der Waals surface area (Å²) in [5.41, 5.74) is 10.1. The van der Waals surface area contributed by atoms with Crippen LogP contribution in [0.4, 0.5) is 11.4 Å². The first kappa shape index (κ1) is 31.5. The Hall–Kier alpha value is -4.48. The van der Waals surface area contributed by atoms with Gasteiger partial charge in [-0.1, -0.05) is 30.3 Å². The maximum absolute atomic E-state index is 14.3. The molecule has 240 valence electrons. The van der Waals surface area contributed by atoms with E-state index >= 15 is 0 Å². The van der Waals surface area contributed by atoms with Gasteiger partial charge < -0.3 is 30.7 Å². The van der Waals surface area contributed by atoms with Crippen molar-refractivity contribution >= 4 is 57.2 Å². The zero-order chi connectivity index (χ0) is 32.6. The molecule has 0 radical (unpaired) electrons. The lowest BCUT2D eigenvalue weighted by Gasteiger charge is -2.37. The van der Waals surface area contributed by atoms with Crippen LogP contribution in [0.1, 0.15) is 50.3 Å². The highest BCUT2D eigenvalue weighted by atomic mass is 32.1. The number of rotatable bonds is 10. The molecule has 6 rings (SSSR count). The first-order chi connectivity index (χ1) is 22.0. The van der Waals surface area contributed by atoms with E-state index in [0.717, 1.165) is 46.2 Å². The highest BCUT2D eigenvalue weighted by Gasteiger charge is 2.39. The van der Waals surface area contributed by atoms with Gasteiger partial charge in [0.1, 0.15) is 12.1 Å². The quantitative estimate of drug-likeness (QED) is 0.242. The van der Waals surface area contributed by atoms with Crippen molar-refractivity contribution in [2.45, 2.75) is 77.2 Å². The summed E-state index contributed by atoms with van der Waals surface area (Å²) in [6.07, 6.45) is 3.73. The maximum atomic E-state index is 14.3. The van der Waals surface area contributed by atoms with Crippen molar-refractivity contribution in [1.82, 2.24) is 15.2 Å². The van der Waals surface area contributed by atoms with Crippen LogP contribution in [0.5, 0.6) is 0 Å². The van der Waals surface area contributed by atoms with Crippen LogP contribution >= 0.6 is 11.3 Å². The molecule has 2 unspecified atom stereocenters. The Morgan fingerprint density at radius 2 is 1.91 bits per heavy atom. The molecule has 2 aromatic carbocycles. The van der Waals surface area contributed by atoms with Crippen LogP contribution in [0.25, 0.3) is 10.9 Å². The molecule has 4 N–H and O–H groups in total. The molecule has 4 amide bonds. The minimum atomic E-state index is -1.21. The number of nitrogens with two attached hydrogens (primary N) is 1. The van der Waals surface area contributed by atoms with Crippen LogP contribution < -0.4 is 26.2 Å². The average Bonchev–Trinajstić information content (AvgIpc) is 3.78. The van der Waals surface area contributed by atoms with Crippen LogP contribution in [0.15, 0.2) is 65.5 Å². The van der Waals surface area contributed by atoms with Gasteiger partial charge in [-0.2, -0.15) is 11.3 Å². The van der Waals surface area contributed by atoms with E-state index in [1.54, 1.807) is 35.0 Å². The molecular weight excluding hydrogens is 600 g/mol. The lowest BCUT2D eigenvalue weighted by atomic mass is 9.94. The van der Waals surface area contributed by atoms with E-state index in [4.69, 9.17) is 5.73 Å². The van der Waals surface area contributed by atoms with Crippen LogP contribution in [0.3, 0.4) is 0 Å². The monoisotopic (exact) mass is 640 g/mol. The second-order valence-electron chi connectivity index (χ2n) is 12.7. The summed E-state index contributed by atoms with van der Waals surface area (Å²) in [6.45, 7) is 6.89. The Morgan fingerprint density at radius 1 is 1.11 bits per heavy atom. The molecule has 0 bridgehead atoms. The van der Waals surface area contributed by atoms with Gasteiger partial charge in [0.2, 0.25) is 23.6 Å². The number of aryl methyl sites for hydroxylation is 1. The molecular formula is C35H40N6O4S. The van der Waals surface area contributed by atoms with Crippen molar-refractivity contribution < 1.29 is 19.2 Å². The van der Waals surface area contributed by atoms with E-state index in [2.05, 4.69) is 22.1 Å². The topological polar surface area (TPSA) is 130 Å². The number of aromatic nitrogens is 1. The van der Waals surface area contributed by atoms with Gasteiger partial charge in [0.05, 0.1) is 23.5 Å². The van der Waals surface area contributed by atoms with E-state index < -0.39 is 29.4 Å². The fourth-order valence-electron chi connectivity index (χ4n) is 6.41. The van der Waals surface area contributed by atoms with Crippen molar-refractivity contribution in [2.24, 2.45) is 5.73 Å². The predicted molar refractivity (Wildman–Crippen MR) is 181 cm³/mol. The lowest BCUT2D eigenvalue weighted by molar-refractivity contribution is -0.133. The van der Waals surface area contributed by atoms with Gasteiger partial charge in [-0.3, -0.25) is 19.2 Å². The molecule has 10 nitrogen and oxygen atoms in total. The summed E-state index contributed by atoms with van der Waals surface area (Å²) >= 11 is 1.54. The third-order valence-corrected chi connectivity index (χ3v) is 9.53. The third-order valence-electron chi connectivity index (χ3n) is 8.80. The second kappa shape index (κ2) is 12.7. The molecule has 46 heavy (non-hydrogen) atoms. The highest BCUT2D eigenvalue weighted by molar-refractivity contribution is 7.07. The van der Waals surface area contributed by atoms with Crippen LogP contribution in [0, 0.1) is 0 Å². The molecule has 0 saturated carbocycles. The number of fused-ring (bicyclic) bond motifs is 2. The van der Waals surface area contributed by atoms with Crippen LogP contribution in [-0.4, -0.2) is 52.4 Å². The molecule has 4 aromatic rings. The summed E-state index contributed by atoms with van der Waals surface area (Å²) < 4.78 is 2.11. The number of benzene rings is 2. The number of para-hydroxylation sites is 2. The fourth-order valence-corrected chi connectivity index (χ4v) is 7.07. The number of carbonyl (C=O) groups is 4. The van der Waals surface area contributed by atoms with Crippen molar-refractivity contribution in [2.75, 3.05) is 16.3 Å². The summed E-state index contributed by atoms with van der Waals surface area (Å²) in [6, 6.07) is 13.8. The normalized spacial score (nSPS) is 17.3. The van der Waals surface area contributed by atoms with Gasteiger partial charge >= 0.3 is 0 Å². The van der Waals surface area contributed by atoms with Gasteiger partial charge in [0, 0.05) is 49.5 Å². The van der Waals surface area contributed by atoms with E-state index in [1.807, 2.05) is 65.5 Å². The molecule has 2 aliphatic heterocycles. The number of nitrogens with zero attached hydrogens (tertiary/aromatic N) is 3. The molecule has 2 atom stereocenters. The second-order valence-corrected chi connectivity index (χ2v) is 13.4. The molecule has 1 saturated heterocycles. The zero-order valence-electron chi connectivity index (χ0n) is 26.4. The molecule has 0 spiro atoms. The Morgan fingerprint density at radius 3 is 2.61 bits per heavy atom. The first-order valence-corrected chi connectivity index (χ1v) is 16.7. The van der Waals surface area contributed by atoms with Gasteiger partial charge in [-0.25, -0.2) is 0 Å². The molecule has 11 heteroatoms. The standard InChI is InChI=1S/C35H40N6O4S/c1-4-39-20-24(25-10-5-6-11-28(25)39)18-26(38-34(45)35(2,3)36)32(43)37-27-17-23-9-7-12-29(40-15-8-13-30(40)42)31(23)41(33(27)44)19-22-14-16-46-21-22/h5-7,9-12,14,16,20-21,26-27H,4,8,13,15,17-19,36H2,1-3H3,(H,37,43)(H,38,45). The molecule has 4 heterocycles. The minimum absolute atomic E-state index is 0.0394. The summed E-state index contributed by atoms with van der Waals surface area (Å²) in [4.78, 5) is 57.7. The maximum Gasteiger partial charge on any atom is 0.250 e. The Balaban J connectivity index is 1.33. The molecule has 2 aromatic heterocycles. The van der Waals surface area contributed by atoms with Gasteiger partial charge in [-0.05, 0) is 72.8 Å².